The Morgan fingerprint density at radius 1 is 1.06 bits per heavy atom. The lowest BCUT2D eigenvalue weighted by Crippen LogP contribution is -2.44. The number of carbonyl (C=O) groups is 1. The summed E-state index contributed by atoms with van der Waals surface area (Å²) >= 11 is 0. The van der Waals surface area contributed by atoms with Gasteiger partial charge in [-0.1, -0.05) is 0 Å². The maximum atomic E-state index is 11.8. The number of rotatable bonds is 4. The van der Waals surface area contributed by atoms with E-state index in [9.17, 15) is 4.79 Å². The molecule has 0 aromatic carbocycles. The number of urea groups is 1. The van der Waals surface area contributed by atoms with E-state index in [2.05, 4.69) is 10.2 Å². The van der Waals surface area contributed by atoms with Crippen LogP contribution in [0.1, 0.15) is 25.7 Å². The van der Waals surface area contributed by atoms with Gasteiger partial charge in [-0.3, -0.25) is 4.90 Å². The van der Waals surface area contributed by atoms with Crippen LogP contribution in [0.2, 0.25) is 0 Å². The highest BCUT2D eigenvalue weighted by molar-refractivity contribution is 5.74. The second-order valence-electron chi connectivity index (χ2n) is 5.09. The van der Waals surface area contributed by atoms with Gasteiger partial charge in [-0.2, -0.15) is 0 Å². The number of hydrogen-bond donors (Lipinski definition) is 1. The predicted molar refractivity (Wildman–Crippen MR) is 70.7 cm³/mol. The van der Waals surface area contributed by atoms with Gasteiger partial charge in [0.2, 0.25) is 0 Å². The summed E-state index contributed by atoms with van der Waals surface area (Å²) in [5.74, 6) is 0. The molecule has 2 saturated heterocycles. The van der Waals surface area contributed by atoms with Gasteiger partial charge < -0.3 is 15.0 Å². The highest BCUT2D eigenvalue weighted by Crippen LogP contribution is 2.08. The lowest BCUT2D eigenvalue weighted by Gasteiger charge is -2.28. The molecular weight excluding hydrogens is 230 g/mol. The third kappa shape index (κ3) is 4.46. The van der Waals surface area contributed by atoms with Gasteiger partial charge in [-0.15, -0.1) is 0 Å². The summed E-state index contributed by atoms with van der Waals surface area (Å²) < 4.78 is 5.31. The van der Waals surface area contributed by atoms with E-state index in [0.29, 0.717) is 0 Å². The molecule has 5 nitrogen and oxygen atoms in total. The van der Waals surface area contributed by atoms with E-state index in [4.69, 9.17) is 4.74 Å². The van der Waals surface area contributed by atoms with Crippen LogP contribution in [-0.2, 0) is 4.74 Å². The predicted octanol–water partition coefficient (Wildman–Crippen LogP) is 0.904. The number of likely N-dealkylation sites (tertiary alicyclic amines) is 1. The highest BCUT2D eigenvalue weighted by Gasteiger charge is 2.15. The Kier molecular flexibility index (Phi) is 5.74. The second-order valence-corrected chi connectivity index (χ2v) is 5.09. The molecule has 0 aromatic heterocycles. The first kappa shape index (κ1) is 13.6. The minimum absolute atomic E-state index is 0.122. The Bertz CT molecular complexity index is 249. The van der Waals surface area contributed by atoms with Crippen molar-refractivity contribution in [2.45, 2.75) is 25.7 Å². The normalized spacial score (nSPS) is 21.9. The number of ether oxygens (including phenoxy) is 1. The maximum Gasteiger partial charge on any atom is 0.317 e. The van der Waals surface area contributed by atoms with Crippen molar-refractivity contribution in [3.63, 3.8) is 0 Å². The van der Waals surface area contributed by atoms with Crippen molar-refractivity contribution < 1.29 is 9.53 Å². The van der Waals surface area contributed by atoms with Gasteiger partial charge >= 0.3 is 6.03 Å². The van der Waals surface area contributed by atoms with E-state index in [1.807, 2.05) is 4.90 Å². The minimum Gasteiger partial charge on any atom is -0.379 e. The molecule has 0 bridgehead atoms. The maximum absolute atomic E-state index is 11.8. The quantitative estimate of drug-likeness (QED) is 0.759. The molecule has 0 aliphatic carbocycles. The number of piperidine rings is 1. The van der Waals surface area contributed by atoms with Crippen molar-refractivity contribution >= 4 is 6.03 Å². The van der Waals surface area contributed by atoms with E-state index >= 15 is 0 Å². The Balaban J connectivity index is 1.52. The van der Waals surface area contributed by atoms with E-state index in [1.165, 1.54) is 6.42 Å². The molecule has 2 heterocycles. The monoisotopic (exact) mass is 255 g/mol. The molecule has 0 spiro atoms. The van der Waals surface area contributed by atoms with Crippen molar-refractivity contribution in [2.24, 2.45) is 0 Å². The summed E-state index contributed by atoms with van der Waals surface area (Å²) in [6, 6.07) is 0.122. The highest BCUT2D eigenvalue weighted by atomic mass is 16.5. The molecule has 0 radical (unpaired) electrons. The van der Waals surface area contributed by atoms with Crippen molar-refractivity contribution in [3.05, 3.63) is 0 Å². The number of nitrogens with one attached hydrogen (secondary N) is 1. The van der Waals surface area contributed by atoms with Crippen LogP contribution in [0.3, 0.4) is 0 Å². The lowest BCUT2D eigenvalue weighted by molar-refractivity contribution is 0.0375. The molecule has 2 aliphatic heterocycles. The molecule has 0 unspecified atom stereocenters. The first-order valence-corrected chi connectivity index (χ1v) is 7.19. The molecule has 5 heteroatoms. The zero-order valence-corrected chi connectivity index (χ0v) is 11.2. The van der Waals surface area contributed by atoms with Crippen LogP contribution in [0, 0.1) is 0 Å². The molecule has 0 atom stereocenters. The number of hydrogen-bond acceptors (Lipinski definition) is 3. The van der Waals surface area contributed by atoms with Crippen LogP contribution >= 0.6 is 0 Å². The molecule has 1 N–H and O–H groups in total. The number of carbonyl (C=O) groups excluding carboxylic acids is 1. The van der Waals surface area contributed by atoms with Crippen LogP contribution in [0.5, 0.6) is 0 Å². The fourth-order valence-electron chi connectivity index (χ4n) is 2.53. The molecular formula is C13H25N3O2. The number of amides is 2. The summed E-state index contributed by atoms with van der Waals surface area (Å²) in [6.45, 7) is 7.45. The molecule has 2 rings (SSSR count). The van der Waals surface area contributed by atoms with Gasteiger partial charge in [0, 0.05) is 32.7 Å². The Labute approximate surface area is 109 Å². The van der Waals surface area contributed by atoms with Gasteiger partial charge in [-0.25, -0.2) is 4.79 Å². The SMILES string of the molecule is O=C(NCCCN1CCOCC1)N1CCCCC1. The molecule has 2 amide bonds. The molecule has 2 aliphatic rings. The van der Waals surface area contributed by atoms with Crippen LogP contribution in [0.25, 0.3) is 0 Å². The van der Waals surface area contributed by atoms with Crippen LogP contribution in [0.4, 0.5) is 4.79 Å². The zero-order chi connectivity index (χ0) is 12.6. The Morgan fingerprint density at radius 3 is 2.50 bits per heavy atom. The third-order valence-corrected chi connectivity index (χ3v) is 3.67. The minimum atomic E-state index is 0.122. The fourth-order valence-corrected chi connectivity index (χ4v) is 2.53. The van der Waals surface area contributed by atoms with Crippen molar-refractivity contribution in [1.29, 1.82) is 0 Å². The largest absolute Gasteiger partial charge is 0.379 e. The van der Waals surface area contributed by atoms with E-state index < -0.39 is 0 Å². The fraction of sp³-hybridized carbons (Fsp3) is 0.923. The molecule has 18 heavy (non-hydrogen) atoms. The summed E-state index contributed by atoms with van der Waals surface area (Å²) in [6.07, 6.45) is 4.60. The van der Waals surface area contributed by atoms with Crippen LogP contribution < -0.4 is 5.32 Å². The molecule has 0 saturated carbocycles. The third-order valence-electron chi connectivity index (χ3n) is 3.67. The van der Waals surface area contributed by atoms with Crippen LogP contribution in [-0.4, -0.2) is 68.3 Å². The number of nitrogens with zero attached hydrogens (tertiary/aromatic N) is 2. The van der Waals surface area contributed by atoms with Gasteiger partial charge in [0.15, 0.2) is 0 Å². The first-order chi connectivity index (χ1) is 8.86. The van der Waals surface area contributed by atoms with Crippen molar-refractivity contribution in [3.8, 4) is 0 Å². The van der Waals surface area contributed by atoms with Gasteiger partial charge in [-0.05, 0) is 32.2 Å². The standard InChI is InChI=1S/C13H25N3O2/c17-13(16-7-2-1-3-8-16)14-5-4-6-15-9-11-18-12-10-15/h1-12H2,(H,14,17). The second kappa shape index (κ2) is 7.59. The topological polar surface area (TPSA) is 44.8 Å². The van der Waals surface area contributed by atoms with Gasteiger partial charge in [0.1, 0.15) is 0 Å². The van der Waals surface area contributed by atoms with E-state index in [1.54, 1.807) is 0 Å². The van der Waals surface area contributed by atoms with Crippen molar-refractivity contribution in [2.75, 3.05) is 52.5 Å². The average molecular weight is 255 g/mol. The van der Waals surface area contributed by atoms with Gasteiger partial charge in [0.25, 0.3) is 0 Å². The number of morpholine rings is 1. The lowest BCUT2D eigenvalue weighted by atomic mass is 10.1. The van der Waals surface area contributed by atoms with Gasteiger partial charge in [0.05, 0.1) is 13.2 Å². The average Bonchev–Trinajstić information content (AvgIpc) is 2.45. The van der Waals surface area contributed by atoms with E-state index in [0.717, 1.165) is 71.7 Å². The Hall–Kier alpha value is -0.810. The molecule has 104 valence electrons. The van der Waals surface area contributed by atoms with Crippen LogP contribution in [0.15, 0.2) is 0 Å². The first-order valence-electron chi connectivity index (χ1n) is 7.19. The Morgan fingerprint density at radius 2 is 1.78 bits per heavy atom. The smallest absolute Gasteiger partial charge is 0.317 e. The summed E-state index contributed by atoms with van der Waals surface area (Å²) in [5, 5.41) is 3.02. The summed E-state index contributed by atoms with van der Waals surface area (Å²) in [5.41, 5.74) is 0. The molecule has 0 aromatic rings. The summed E-state index contributed by atoms with van der Waals surface area (Å²) in [7, 11) is 0. The zero-order valence-electron chi connectivity index (χ0n) is 11.2. The van der Waals surface area contributed by atoms with Crippen molar-refractivity contribution in [1.82, 2.24) is 15.1 Å². The molecule has 2 fully saturated rings. The van der Waals surface area contributed by atoms with E-state index in [-0.39, 0.29) is 6.03 Å². The summed E-state index contributed by atoms with van der Waals surface area (Å²) in [4.78, 5) is 16.2.